The van der Waals surface area contributed by atoms with Gasteiger partial charge in [-0.25, -0.2) is 4.68 Å². The molecule has 0 bridgehead atoms. The number of nitriles is 1. The molecule has 0 fully saturated rings. The SMILES string of the molecule is C=C(C)c1cc(C(F)(F)F)nn1-c1ccc(C#N)cc1. The number of alkyl halides is 3. The first-order valence-corrected chi connectivity index (χ1v) is 5.66. The Morgan fingerprint density at radius 1 is 1.30 bits per heavy atom. The Bertz CT molecular complexity index is 688. The van der Waals surface area contributed by atoms with Crippen LogP contribution in [0.1, 0.15) is 23.9 Å². The number of allylic oxidation sites excluding steroid dienone is 1. The molecular weight excluding hydrogens is 267 g/mol. The van der Waals surface area contributed by atoms with Gasteiger partial charge < -0.3 is 0 Å². The Balaban J connectivity index is 2.57. The molecule has 0 atom stereocenters. The van der Waals surface area contributed by atoms with Crippen LogP contribution < -0.4 is 0 Å². The van der Waals surface area contributed by atoms with Crippen LogP contribution in [0.25, 0.3) is 11.3 Å². The number of aromatic nitrogens is 2. The Morgan fingerprint density at radius 3 is 2.35 bits per heavy atom. The minimum atomic E-state index is -4.51. The van der Waals surface area contributed by atoms with Gasteiger partial charge in [-0.3, -0.25) is 0 Å². The fraction of sp³-hybridized carbons (Fsp3) is 0.143. The van der Waals surface area contributed by atoms with Crippen molar-refractivity contribution in [2.75, 3.05) is 0 Å². The van der Waals surface area contributed by atoms with Gasteiger partial charge in [0.25, 0.3) is 0 Å². The second-order valence-electron chi connectivity index (χ2n) is 4.26. The summed E-state index contributed by atoms with van der Waals surface area (Å²) < 4.78 is 39.4. The fourth-order valence-corrected chi connectivity index (χ4v) is 1.70. The molecule has 3 nitrogen and oxygen atoms in total. The molecule has 0 aliphatic carbocycles. The molecule has 2 rings (SSSR count). The molecule has 0 amide bonds. The maximum atomic E-state index is 12.7. The van der Waals surface area contributed by atoms with Gasteiger partial charge in [-0.15, -0.1) is 0 Å². The lowest BCUT2D eigenvalue weighted by Gasteiger charge is -2.06. The zero-order valence-corrected chi connectivity index (χ0v) is 10.6. The molecule has 1 heterocycles. The standard InChI is InChI=1S/C14H10F3N3/c1-9(2)12-7-13(14(15,16)17)19-20(12)11-5-3-10(8-18)4-6-11/h3-7H,1H2,2H3. The minimum absolute atomic E-state index is 0.280. The maximum Gasteiger partial charge on any atom is 0.435 e. The predicted octanol–water partition coefficient (Wildman–Crippen LogP) is 3.80. The second kappa shape index (κ2) is 4.85. The van der Waals surface area contributed by atoms with Gasteiger partial charge in [-0.2, -0.15) is 23.5 Å². The Hall–Kier alpha value is -2.55. The van der Waals surface area contributed by atoms with E-state index in [4.69, 9.17) is 5.26 Å². The van der Waals surface area contributed by atoms with Gasteiger partial charge in [0.1, 0.15) is 0 Å². The summed E-state index contributed by atoms with van der Waals surface area (Å²) >= 11 is 0. The van der Waals surface area contributed by atoms with Crippen LogP contribution in [0.5, 0.6) is 0 Å². The smallest absolute Gasteiger partial charge is 0.233 e. The van der Waals surface area contributed by atoms with Crippen molar-refractivity contribution < 1.29 is 13.2 Å². The van der Waals surface area contributed by atoms with E-state index in [1.165, 1.54) is 28.9 Å². The molecule has 1 aromatic heterocycles. The minimum Gasteiger partial charge on any atom is -0.233 e. The van der Waals surface area contributed by atoms with Crippen LogP contribution in [-0.2, 0) is 6.18 Å². The van der Waals surface area contributed by atoms with Gasteiger partial charge in [0.2, 0.25) is 0 Å². The van der Waals surface area contributed by atoms with Crippen molar-refractivity contribution in [1.82, 2.24) is 9.78 Å². The third-order valence-corrected chi connectivity index (χ3v) is 2.68. The normalized spacial score (nSPS) is 11.2. The lowest BCUT2D eigenvalue weighted by molar-refractivity contribution is -0.141. The fourth-order valence-electron chi connectivity index (χ4n) is 1.70. The van der Waals surface area contributed by atoms with E-state index in [9.17, 15) is 13.2 Å². The summed E-state index contributed by atoms with van der Waals surface area (Å²) in [7, 11) is 0. The molecule has 0 saturated heterocycles. The Kier molecular flexibility index (Phi) is 3.36. The summed E-state index contributed by atoms with van der Waals surface area (Å²) in [5, 5.41) is 12.3. The van der Waals surface area contributed by atoms with Crippen molar-refractivity contribution in [2.24, 2.45) is 0 Å². The topological polar surface area (TPSA) is 41.6 Å². The zero-order valence-electron chi connectivity index (χ0n) is 10.6. The van der Waals surface area contributed by atoms with Crippen molar-refractivity contribution in [3.05, 3.63) is 53.9 Å². The van der Waals surface area contributed by atoms with Crippen LogP contribution >= 0.6 is 0 Å². The van der Waals surface area contributed by atoms with Crippen LogP contribution in [0.15, 0.2) is 36.9 Å². The van der Waals surface area contributed by atoms with E-state index in [0.717, 1.165) is 6.07 Å². The molecule has 0 aliphatic heterocycles. The zero-order chi connectivity index (χ0) is 14.9. The quantitative estimate of drug-likeness (QED) is 0.837. The first-order valence-electron chi connectivity index (χ1n) is 5.66. The van der Waals surface area contributed by atoms with Gasteiger partial charge in [0.15, 0.2) is 5.69 Å². The molecular formula is C14H10F3N3. The maximum absolute atomic E-state index is 12.7. The van der Waals surface area contributed by atoms with E-state index in [2.05, 4.69) is 11.7 Å². The number of benzene rings is 1. The van der Waals surface area contributed by atoms with Crippen molar-refractivity contribution in [1.29, 1.82) is 5.26 Å². The third-order valence-electron chi connectivity index (χ3n) is 2.68. The largest absolute Gasteiger partial charge is 0.435 e. The predicted molar refractivity (Wildman–Crippen MR) is 68.0 cm³/mol. The average Bonchev–Trinajstić information content (AvgIpc) is 2.84. The van der Waals surface area contributed by atoms with E-state index in [1.54, 1.807) is 6.92 Å². The van der Waals surface area contributed by atoms with Crippen LogP contribution in [0.4, 0.5) is 13.2 Å². The number of hydrogen-bond acceptors (Lipinski definition) is 2. The molecule has 1 aromatic carbocycles. The van der Waals surface area contributed by atoms with Crippen molar-refractivity contribution >= 4 is 5.57 Å². The van der Waals surface area contributed by atoms with Gasteiger partial charge in [0, 0.05) is 0 Å². The van der Waals surface area contributed by atoms with Gasteiger partial charge in [-0.05, 0) is 42.8 Å². The van der Waals surface area contributed by atoms with Crippen LogP contribution in [0.2, 0.25) is 0 Å². The van der Waals surface area contributed by atoms with Crippen molar-refractivity contribution in [3.63, 3.8) is 0 Å². The van der Waals surface area contributed by atoms with Crippen molar-refractivity contribution in [2.45, 2.75) is 13.1 Å². The van der Waals surface area contributed by atoms with Gasteiger partial charge >= 0.3 is 6.18 Å². The highest BCUT2D eigenvalue weighted by molar-refractivity contribution is 5.61. The summed E-state index contributed by atoms with van der Waals surface area (Å²) in [6.45, 7) is 5.27. The number of rotatable bonds is 2. The second-order valence-corrected chi connectivity index (χ2v) is 4.26. The van der Waals surface area contributed by atoms with Crippen LogP contribution in [-0.4, -0.2) is 9.78 Å². The molecule has 6 heteroatoms. The van der Waals surface area contributed by atoms with E-state index in [1.807, 2.05) is 6.07 Å². The van der Waals surface area contributed by atoms with Crippen LogP contribution in [0.3, 0.4) is 0 Å². The molecule has 0 aliphatic rings. The van der Waals surface area contributed by atoms with Gasteiger partial charge in [-0.1, -0.05) is 6.58 Å². The molecule has 102 valence electrons. The third kappa shape index (κ3) is 2.57. The van der Waals surface area contributed by atoms with E-state index >= 15 is 0 Å². The highest BCUT2D eigenvalue weighted by Gasteiger charge is 2.35. The lowest BCUT2D eigenvalue weighted by atomic mass is 10.2. The van der Waals surface area contributed by atoms with Crippen LogP contribution in [0, 0.1) is 11.3 Å². The number of hydrogen-bond donors (Lipinski definition) is 0. The highest BCUT2D eigenvalue weighted by atomic mass is 19.4. The molecule has 0 spiro atoms. The summed E-state index contributed by atoms with van der Waals surface area (Å²) in [5.41, 5.74) is 0.644. The molecule has 0 N–H and O–H groups in total. The highest BCUT2D eigenvalue weighted by Crippen LogP contribution is 2.31. The molecule has 20 heavy (non-hydrogen) atoms. The lowest BCUT2D eigenvalue weighted by Crippen LogP contribution is -2.07. The molecule has 0 saturated carbocycles. The first-order chi connectivity index (χ1) is 9.32. The van der Waals surface area contributed by atoms with E-state index in [-0.39, 0.29) is 5.69 Å². The van der Waals surface area contributed by atoms with Gasteiger partial charge in [0.05, 0.1) is 23.0 Å². The Labute approximate surface area is 113 Å². The summed E-state index contributed by atoms with van der Waals surface area (Å²) in [4.78, 5) is 0. The summed E-state index contributed by atoms with van der Waals surface area (Å²) in [6.07, 6.45) is -4.51. The monoisotopic (exact) mass is 277 g/mol. The number of nitrogens with zero attached hydrogens (tertiary/aromatic N) is 3. The Morgan fingerprint density at radius 2 is 1.90 bits per heavy atom. The summed E-state index contributed by atoms with van der Waals surface area (Å²) in [5.74, 6) is 0. The van der Waals surface area contributed by atoms with Crippen molar-refractivity contribution in [3.8, 4) is 11.8 Å². The summed E-state index contributed by atoms with van der Waals surface area (Å²) in [6, 6.07) is 9.02. The van der Waals surface area contributed by atoms with E-state index in [0.29, 0.717) is 16.8 Å². The number of halogens is 3. The first kappa shape index (κ1) is 13.9. The molecule has 0 radical (unpaired) electrons. The van der Waals surface area contributed by atoms with E-state index < -0.39 is 11.9 Å². The average molecular weight is 277 g/mol. The molecule has 0 unspecified atom stereocenters. The molecule has 2 aromatic rings.